The second-order valence-corrected chi connectivity index (χ2v) is 39.1. The van der Waals surface area contributed by atoms with Crippen molar-refractivity contribution in [1.29, 1.82) is 0 Å². The van der Waals surface area contributed by atoms with Crippen LogP contribution in [0, 0.1) is 0 Å². The van der Waals surface area contributed by atoms with Crippen LogP contribution >= 0.6 is 22.7 Å². The van der Waals surface area contributed by atoms with E-state index in [1.807, 2.05) is 46.9 Å². The summed E-state index contributed by atoms with van der Waals surface area (Å²) in [5, 5.41) is 28.4. The third-order valence-electron chi connectivity index (χ3n) is 29.3. The maximum Gasteiger partial charge on any atom is 0.235 e. The van der Waals surface area contributed by atoms with Gasteiger partial charge in [-0.05, 0) is 197 Å². The van der Waals surface area contributed by atoms with Crippen LogP contribution in [0.25, 0.3) is 282 Å². The van der Waals surface area contributed by atoms with E-state index in [9.17, 15) is 0 Å². The fourth-order valence-electron chi connectivity index (χ4n) is 23.1. The lowest BCUT2D eigenvalue weighted by Crippen LogP contribution is -2.03. The van der Waals surface area contributed by atoms with Crippen molar-refractivity contribution in [2.75, 3.05) is 0 Å². The van der Waals surface area contributed by atoms with Gasteiger partial charge in [0.25, 0.3) is 0 Å². The number of hydrogen-bond donors (Lipinski definition) is 0. The third-order valence-corrected chi connectivity index (χ3v) is 31.5. The quantitative estimate of drug-likeness (QED) is 0.142. The molecular formula is C130H78N8OS2. The first-order valence-electron chi connectivity index (χ1n) is 48.0. The van der Waals surface area contributed by atoms with Crippen molar-refractivity contribution in [3.05, 3.63) is 473 Å². The van der Waals surface area contributed by atoms with Crippen molar-refractivity contribution >= 4 is 248 Å². The number of benzene rings is 22. The number of rotatable bonds is 8. The highest BCUT2D eigenvalue weighted by atomic mass is 32.1. The predicted octanol–water partition coefficient (Wildman–Crippen LogP) is 35.9. The summed E-state index contributed by atoms with van der Waals surface area (Å²) in [5.74, 6) is 0.648. The standard InChI is InChI=1S/C44H26N4O.C44H26N2S.C42H26N2S/c1-3-13-27(14-4-1)43-31-19-7-10-20-36(31)45-44(46-43)48-37-21-11-8-17-29(37)32-23-33-34-25-42-35(30-18-9-12-22-41(30)49-42)24-38(34)47(39(33)26-40(32)48)28-15-5-2-6-16-28;1-2-13-28(14-3-1)45-40-24-37-33-19-9-11-21-43(33)47-44(37)25-36(40)35-23-34-32-18-8-10-20-38(32)46(42(34)26-41(35)45)39-22-27-12-4-5-15-29(27)30-16-6-7-17-31(30)39;1-3-12-27(13-4-1)28-14-11-17-30(22-28)44-38-24-36-32-19-8-10-21-41(32)45-42(36)25-35(38)34-23-33-31-18-7-9-20-37(31)43(39(33)26-40(34)44)29-15-5-2-6-16-29/h1-26H;1-26H;1-26H. The lowest BCUT2D eigenvalue weighted by Gasteiger charge is -2.14. The van der Waals surface area contributed by atoms with Gasteiger partial charge in [-0.25, -0.2) is 9.97 Å². The van der Waals surface area contributed by atoms with Crippen molar-refractivity contribution in [3.63, 3.8) is 0 Å². The summed E-state index contributed by atoms with van der Waals surface area (Å²) in [6, 6.07) is 171. The minimum absolute atomic E-state index is 0.648. The zero-order valence-electron chi connectivity index (χ0n) is 75.8. The molecule has 141 heavy (non-hydrogen) atoms. The minimum Gasteiger partial charge on any atom is -0.456 e. The molecule has 0 spiro atoms. The molecule has 10 aromatic heterocycles. The number of furan rings is 1. The second-order valence-electron chi connectivity index (χ2n) is 37.0. The zero-order chi connectivity index (χ0) is 92.2. The number of fused-ring (bicyclic) bond motifs is 31. The molecule has 0 unspecified atom stereocenters. The van der Waals surface area contributed by atoms with Crippen LogP contribution in [-0.2, 0) is 0 Å². The van der Waals surface area contributed by atoms with Gasteiger partial charge in [0.2, 0.25) is 5.95 Å². The Hall–Kier alpha value is -18.3. The molecule has 0 fully saturated rings. The van der Waals surface area contributed by atoms with Crippen molar-refractivity contribution in [1.82, 2.24) is 37.4 Å². The summed E-state index contributed by atoms with van der Waals surface area (Å²) in [7, 11) is 0. The van der Waals surface area contributed by atoms with Crippen molar-refractivity contribution in [3.8, 4) is 56.8 Å². The van der Waals surface area contributed by atoms with Crippen LogP contribution in [-0.4, -0.2) is 37.4 Å². The molecule has 0 bridgehead atoms. The predicted molar refractivity (Wildman–Crippen MR) is 597 cm³/mol. The fourth-order valence-corrected chi connectivity index (χ4v) is 25.3. The number of nitrogens with zero attached hydrogens (tertiary/aromatic N) is 8. The Labute approximate surface area is 813 Å². The van der Waals surface area contributed by atoms with Gasteiger partial charge < -0.3 is 27.3 Å². The van der Waals surface area contributed by atoms with Crippen LogP contribution in [0.15, 0.2) is 478 Å². The third kappa shape index (κ3) is 12.2. The van der Waals surface area contributed by atoms with Gasteiger partial charge in [0.15, 0.2) is 0 Å². The van der Waals surface area contributed by atoms with Gasteiger partial charge in [0, 0.05) is 155 Å². The summed E-state index contributed by atoms with van der Waals surface area (Å²) in [6.45, 7) is 0. The van der Waals surface area contributed by atoms with Gasteiger partial charge >= 0.3 is 0 Å². The van der Waals surface area contributed by atoms with Crippen molar-refractivity contribution < 1.29 is 4.42 Å². The Morgan fingerprint density at radius 3 is 1.09 bits per heavy atom. The van der Waals surface area contributed by atoms with Gasteiger partial charge in [-0.1, -0.05) is 303 Å². The maximum absolute atomic E-state index is 6.40. The Kier molecular flexibility index (Phi) is 17.4. The van der Waals surface area contributed by atoms with Gasteiger partial charge in [-0.3, -0.25) is 4.57 Å². The van der Waals surface area contributed by atoms with Crippen LogP contribution in [0.1, 0.15) is 0 Å². The van der Waals surface area contributed by atoms with E-state index in [1.165, 1.54) is 183 Å². The van der Waals surface area contributed by atoms with E-state index < -0.39 is 0 Å². The van der Waals surface area contributed by atoms with Crippen LogP contribution in [0.4, 0.5) is 0 Å². The number of para-hydroxylation sites is 8. The van der Waals surface area contributed by atoms with Gasteiger partial charge in [-0.2, -0.15) is 0 Å². The fraction of sp³-hybridized carbons (Fsp3) is 0. The van der Waals surface area contributed by atoms with Gasteiger partial charge in [-0.15, -0.1) is 22.7 Å². The molecule has 0 saturated heterocycles. The Morgan fingerprint density at radius 1 is 0.170 bits per heavy atom. The molecule has 22 aromatic carbocycles. The monoisotopic (exact) mass is 1830 g/mol. The van der Waals surface area contributed by atoms with E-state index in [0.717, 1.165) is 93.7 Å². The molecule has 0 N–H and O–H groups in total. The van der Waals surface area contributed by atoms with E-state index in [0.29, 0.717) is 5.95 Å². The van der Waals surface area contributed by atoms with E-state index >= 15 is 0 Å². The van der Waals surface area contributed by atoms with Crippen LogP contribution in [0.3, 0.4) is 0 Å². The molecule has 0 atom stereocenters. The maximum atomic E-state index is 6.40. The molecule has 32 rings (SSSR count). The molecular weight excluding hydrogens is 1750 g/mol. The zero-order valence-corrected chi connectivity index (χ0v) is 77.5. The first-order valence-corrected chi connectivity index (χ1v) is 49.6. The minimum atomic E-state index is 0.648. The van der Waals surface area contributed by atoms with Crippen LogP contribution in [0.2, 0.25) is 0 Å². The SMILES string of the molecule is c1ccc(-c2cccc(-n3c4cc5c(cc4c4cc6c7ccccc7n(-c7ccccc7)c6cc43)sc3ccccc35)c2)cc1.c1ccc(-c2nc(-n3c4ccccc4c4cc5c6cc7oc8ccccc8c7cc6n(-c6ccccc6)c5cc43)nc3ccccc23)cc1.c1ccc(-n2c3cc4c(cc3c3cc5c6ccccc6n(-c6cc7ccccc7c7ccccc67)c5cc32)sc2ccccc24)cc1. The molecule has 0 aliphatic heterocycles. The molecule has 656 valence electrons. The first kappa shape index (κ1) is 79.0. The summed E-state index contributed by atoms with van der Waals surface area (Å²) in [6.07, 6.45) is 0. The Balaban J connectivity index is 0.0000000993. The molecule has 11 heteroatoms. The van der Waals surface area contributed by atoms with E-state index in [2.05, 4.69) is 476 Å². The van der Waals surface area contributed by atoms with Crippen molar-refractivity contribution in [2.45, 2.75) is 0 Å². The topological polar surface area (TPSA) is 68.5 Å². The lowest BCUT2D eigenvalue weighted by molar-refractivity contribution is 0.669. The second kappa shape index (κ2) is 31.1. The highest BCUT2D eigenvalue weighted by Gasteiger charge is 2.28. The molecule has 0 saturated carbocycles. The van der Waals surface area contributed by atoms with E-state index in [4.69, 9.17) is 14.4 Å². The highest BCUT2D eigenvalue weighted by Crippen LogP contribution is 2.50. The Bertz CT molecular complexity index is 10900. The van der Waals surface area contributed by atoms with Crippen LogP contribution < -0.4 is 0 Å². The smallest absolute Gasteiger partial charge is 0.235 e. The first-order chi connectivity index (χ1) is 69.9. The van der Waals surface area contributed by atoms with Crippen LogP contribution in [0.5, 0.6) is 0 Å². The molecule has 0 aliphatic rings. The average molecular weight is 1830 g/mol. The summed E-state index contributed by atoms with van der Waals surface area (Å²) < 4.78 is 26.2. The van der Waals surface area contributed by atoms with Gasteiger partial charge in [0.1, 0.15) is 11.2 Å². The number of hydrogen-bond acceptors (Lipinski definition) is 5. The molecule has 0 radical (unpaired) electrons. The Morgan fingerprint density at radius 2 is 0.532 bits per heavy atom. The molecule has 9 nitrogen and oxygen atoms in total. The number of aromatic nitrogens is 8. The van der Waals surface area contributed by atoms with E-state index in [-0.39, 0.29) is 0 Å². The molecule has 0 aliphatic carbocycles. The largest absolute Gasteiger partial charge is 0.456 e. The normalized spacial score (nSPS) is 12.1. The summed E-state index contributed by atoms with van der Waals surface area (Å²) in [4.78, 5) is 10.5. The van der Waals surface area contributed by atoms with E-state index in [1.54, 1.807) is 0 Å². The highest BCUT2D eigenvalue weighted by molar-refractivity contribution is 7.26. The molecule has 10 heterocycles. The lowest BCUT2D eigenvalue weighted by atomic mass is 10.00. The summed E-state index contributed by atoms with van der Waals surface area (Å²) in [5.41, 5.74) is 27.1. The van der Waals surface area contributed by atoms with Crippen molar-refractivity contribution in [2.24, 2.45) is 0 Å². The molecule has 0 amide bonds. The number of thiophene rings is 2. The molecule has 32 aromatic rings. The average Bonchev–Trinajstić information content (AvgIpc) is 1.56. The summed E-state index contributed by atoms with van der Waals surface area (Å²) >= 11 is 3.77. The van der Waals surface area contributed by atoms with Gasteiger partial charge in [0.05, 0.1) is 83.1 Å².